The fourth-order valence-corrected chi connectivity index (χ4v) is 1.47. The van der Waals surface area contributed by atoms with Crippen LogP contribution in [0, 0.1) is 18.6 Å². The highest BCUT2D eigenvalue weighted by Crippen LogP contribution is 2.29. The van der Waals surface area contributed by atoms with Crippen molar-refractivity contribution in [3.8, 4) is 17.1 Å². The lowest BCUT2D eigenvalue weighted by atomic mass is 10.1. The highest BCUT2D eigenvalue weighted by atomic mass is 19.1. The Kier molecular flexibility index (Phi) is 2.67. The molecule has 0 radical (unpaired) electrons. The first-order valence-corrected chi connectivity index (χ1v) is 4.78. The van der Waals surface area contributed by atoms with Crippen molar-refractivity contribution in [3.63, 3.8) is 0 Å². The Hall–Kier alpha value is -2.17. The van der Waals surface area contributed by atoms with Crippen LogP contribution in [0.4, 0.5) is 8.78 Å². The third-order valence-electron chi connectivity index (χ3n) is 2.36. The summed E-state index contributed by atoms with van der Waals surface area (Å²) >= 11 is 0. The quantitative estimate of drug-likeness (QED) is 0.830. The second kappa shape index (κ2) is 4.01. The van der Waals surface area contributed by atoms with E-state index in [0.29, 0.717) is 6.07 Å². The van der Waals surface area contributed by atoms with Crippen LogP contribution in [-0.2, 0) is 0 Å². The molecule has 2 aromatic rings. The molecule has 0 unspecified atom stereocenters. The van der Waals surface area contributed by atoms with E-state index in [9.17, 15) is 18.7 Å². The summed E-state index contributed by atoms with van der Waals surface area (Å²) in [6, 6.07) is 3.76. The zero-order valence-corrected chi connectivity index (χ0v) is 8.83. The van der Waals surface area contributed by atoms with E-state index in [4.69, 9.17) is 4.42 Å². The molecule has 3 nitrogen and oxygen atoms in total. The van der Waals surface area contributed by atoms with Crippen molar-refractivity contribution < 1.29 is 18.3 Å². The fraction of sp³-hybridized carbons (Fsp3) is 0.0833. The highest BCUT2D eigenvalue weighted by Gasteiger charge is 2.14. The van der Waals surface area contributed by atoms with Crippen molar-refractivity contribution in [2.75, 3.05) is 0 Å². The van der Waals surface area contributed by atoms with E-state index in [1.54, 1.807) is 0 Å². The van der Waals surface area contributed by atoms with E-state index >= 15 is 0 Å². The molecule has 0 aliphatic heterocycles. The number of rotatable bonds is 1. The topological polar surface area (TPSA) is 50.4 Å². The number of benzene rings is 1. The molecule has 0 aliphatic carbocycles. The van der Waals surface area contributed by atoms with E-state index in [1.807, 2.05) is 0 Å². The fourth-order valence-electron chi connectivity index (χ4n) is 1.47. The molecule has 1 aromatic heterocycles. The third-order valence-corrected chi connectivity index (χ3v) is 2.36. The van der Waals surface area contributed by atoms with Crippen molar-refractivity contribution >= 4 is 0 Å². The Morgan fingerprint density at radius 1 is 1.24 bits per heavy atom. The van der Waals surface area contributed by atoms with Gasteiger partial charge in [0, 0.05) is 11.6 Å². The molecule has 0 fully saturated rings. The zero-order chi connectivity index (χ0) is 12.6. The van der Waals surface area contributed by atoms with Crippen molar-refractivity contribution in [3.05, 3.63) is 51.9 Å². The van der Waals surface area contributed by atoms with Gasteiger partial charge in [0.2, 0.25) is 0 Å². The summed E-state index contributed by atoms with van der Waals surface area (Å²) in [7, 11) is 0. The van der Waals surface area contributed by atoms with Crippen LogP contribution < -0.4 is 5.63 Å². The van der Waals surface area contributed by atoms with Gasteiger partial charge in [0.15, 0.2) is 0 Å². The normalized spacial score (nSPS) is 10.5. The Morgan fingerprint density at radius 3 is 2.59 bits per heavy atom. The molecular weight excluding hydrogens is 230 g/mol. The van der Waals surface area contributed by atoms with E-state index in [-0.39, 0.29) is 22.6 Å². The molecule has 0 atom stereocenters. The molecule has 17 heavy (non-hydrogen) atoms. The van der Waals surface area contributed by atoms with Gasteiger partial charge in [0.05, 0.1) is 11.6 Å². The van der Waals surface area contributed by atoms with Gasteiger partial charge in [-0.25, -0.2) is 13.6 Å². The lowest BCUT2D eigenvalue weighted by Crippen LogP contribution is -2.00. The minimum Gasteiger partial charge on any atom is -0.507 e. The summed E-state index contributed by atoms with van der Waals surface area (Å²) in [5, 5.41) is 9.43. The number of hydrogen-bond acceptors (Lipinski definition) is 3. The van der Waals surface area contributed by atoms with E-state index in [0.717, 1.165) is 18.2 Å². The van der Waals surface area contributed by atoms with Crippen LogP contribution >= 0.6 is 0 Å². The largest absolute Gasteiger partial charge is 0.507 e. The first-order valence-electron chi connectivity index (χ1n) is 4.78. The predicted octanol–water partition coefficient (Wildman–Crippen LogP) is 2.60. The lowest BCUT2D eigenvalue weighted by molar-refractivity contribution is 0.445. The first-order chi connectivity index (χ1) is 7.99. The van der Waals surface area contributed by atoms with E-state index in [1.165, 1.54) is 6.92 Å². The Bertz CT molecular complexity index is 632. The Morgan fingerprint density at radius 2 is 1.94 bits per heavy atom. The minimum absolute atomic E-state index is 0.0723. The van der Waals surface area contributed by atoms with Gasteiger partial charge in [0.25, 0.3) is 0 Å². The number of hydrogen-bond donors (Lipinski definition) is 1. The van der Waals surface area contributed by atoms with Gasteiger partial charge in [0.1, 0.15) is 23.1 Å². The first kappa shape index (κ1) is 11.3. The SMILES string of the molecule is Cc1c(O)cc(=O)oc1-c1ccc(F)cc1F. The van der Waals surface area contributed by atoms with Gasteiger partial charge in [-0.3, -0.25) is 0 Å². The number of halogens is 2. The summed E-state index contributed by atoms with van der Waals surface area (Å²) < 4.78 is 31.1. The molecule has 0 bridgehead atoms. The molecule has 0 saturated carbocycles. The van der Waals surface area contributed by atoms with Crippen LogP contribution in [0.5, 0.6) is 5.75 Å². The smallest absolute Gasteiger partial charge is 0.339 e. The van der Waals surface area contributed by atoms with Crippen LogP contribution in [0.3, 0.4) is 0 Å². The monoisotopic (exact) mass is 238 g/mol. The molecule has 5 heteroatoms. The second-order valence-electron chi connectivity index (χ2n) is 3.53. The van der Waals surface area contributed by atoms with E-state index < -0.39 is 17.3 Å². The second-order valence-corrected chi connectivity index (χ2v) is 3.53. The molecule has 1 heterocycles. The Labute approximate surface area is 94.9 Å². The summed E-state index contributed by atoms with van der Waals surface area (Å²) in [6.07, 6.45) is 0. The molecule has 0 aliphatic rings. The highest BCUT2D eigenvalue weighted by molar-refractivity contribution is 5.63. The maximum Gasteiger partial charge on any atom is 0.339 e. The zero-order valence-electron chi connectivity index (χ0n) is 8.83. The molecule has 0 amide bonds. The van der Waals surface area contributed by atoms with Crippen LogP contribution in [0.1, 0.15) is 5.56 Å². The average molecular weight is 238 g/mol. The van der Waals surface area contributed by atoms with Crippen LogP contribution in [0.15, 0.2) is 33.5 Å². The molecule has 0 saturated heterocycles. The van der Waals surface area contributed by atoms with Crippen molar-refractivity contribution in [1.82, 2.24) is 0 Å². The predicted molar refractivity (Wildman–Crippen MR) is 56.7 cm³/mol. The average Bonchev–Trinajstić information content (AvgIpc) is 2.24. The molecule has 88 valence electrons. The molecular formula is C12H8F2O3. The molecule has 1 N–H and O–H groups in total. The van der Waals surface area contributed by atoms with Gasteiger partial charge >= 0.3 is 5.63 Å². The third kappa shape index (κ3) is 2.04. The maximum absolute atomic E-state index is 13.5. The number of aromatic hydroxyl groups is 1. The standard InChI is InChI=1S/C12H8F2O3/c1-6-10(15)5-11(16)17-12(6)8-3-2-7(13)4-9(8)14/h2-5,15H,1H3. The summed E-state index contributed by atoms with van der Waals surface area (Å²) in [4.78, 5) is 11.1. The molecule has 2 rings (SSSR count). The van der Waals surface area contributed by atoms with E-state index in [2.05, 4.69) is 0 Å². The minimum atomic E-state index is -0.859. The van der Waals surface area contributed by atoms with Gasteiger partial charge in [-0.15, -0.1) is 0 Å². The summed E-state index contributed by atoms with van der Waals surface area (Å²) in [5.74, 6) is -1.99. The van der Waals surface area contributed by atoms with Gasteiger partial charge < -0.3 is 9.52 Å². The summed E-state index contributed by atoms with van der Waals surface area (Å²) in [6.45, 7) is 1.47. The molecule has 1 aromatic carbocycles. The lowest BCUT2D eigenvalue weighted by Gasteiger charge is -2.06. The summed E-state index contributed by atoms with van der Waals surface area (Å²) in [5.41, 5.74) is -0.654. The van der Waals surface area contributed by atoms with Crippen LogP contribution in [-0.4, -0.2) is 5.11 Å². The van der Waals surface area contributed by atoms with Crippen molar-refractivity contribution in [2.45, 2.75) is 6.92 Å². The van der Waals surface area contributed by atoms with Crippen LogP contribution in [0.25, 0.3) is 11.3 Å². The van der Waals surface area contributed by atoms with Crippen LogP contribution in [0.2, 0.25) is 0 Å². The van der Waals surface area contributed by atoms with Crippen molar-refractivity contribution in [2.24, 2.45) is 0 Å². The van der Waals surface area contributed by atoms with Gasteiger partial charge in [-0.05, 0) is 19.1 Å². The van der Waals surface area contributed by atoms with Gasteiger partial charge in [-0.2, -0.15) is 0 Å². The van der Waals surface area contributed by atoms with Gasteiger partial charge in [-0.1, -0.05) is 0 Å². The molecule has 0 spiro atoms. The Balaban J connectivity index is 2.72. The van der Waals surface area contributed by atoms with Crippen molar-refractivity contribution in [1.29, 1.82) is 0 Å². The maximum atomic E-state index is 13.5.